The summed E-state index contributed by atoms with van der Waals surface area (Å²) in [6, 6.07) is 0. The molecule has 0 bridgehead atoms. The first kappa shape index (κ1) is 4.31. The number of hydrogen-bond donors (Lipinski definition) is 0. The molecule has 2 radical (unpaired) electrons. The summed E-state index contributed by atoms with van der Waals surface area (Å²) in [6.45, 7) is 3.38. The molecule has 0 heterocycles. The van der Waals surface area contributed by atoms with E-state index in [4.69, 9.17) is 5.14 Å². The van der Waals surface area contributed by atoms with Crippen molar-refractivity contribution in [1.82, 2.24) is 5.14 Å². The van der Waals surface area contributed by atoms with E-state index in [1.54, 1.807) is 0 Å². The number of nitrogens with one attached hydrogen (secondary N) is 1. The Labute approximate surface area is 30.7 Å². The Morgan fingerprint density at radius 2 is 2.25 bits per heavy atom. The molecule has 1 nitrogen and oxygen atoms in total. The summed E-state index contributed by atoms with van der Waals surface area (Å²) >= 11 is 0.995. The van der Waals surface area contributed by atoms with Gasteiger partial charge in [-0.2, -0.15) is 5.14 Å². The van der Waals surface area contributed by atoms with Crippen LogP contribution >= 0.6 is 11.9 Å². The van der Waals surface area contributed by atoms with Crippen molar-refractivity contribution in [3.63, 3.8) is 0 Å². The minimum atomic E-state index is 0.653. The van der Waals surface area contributed by atoms with Gasteiger partial charge >= 0.3 is 0 Å². The van der Waals surface area contributed by atoms with E-state index >= 15 is 0 Å². The zero-order valence-corrected chi connectivity index (χ0v) is 3.14. The Hall–Kier alpha value is 0.310. The zero-order valence-electron chi connectivity index (χ0n) is 2.32. The third kappa shape index (κ3) is 2.31. The molecule has 0 aromatic heterocycles. The van der Waals surface area contributed by atoms with Crippen LogP contribution in [0.5, 0.6) is 0 Å². The maximum Gasteiger partial charge on any atom is 0.00914 e. The summed E-state index contributed by atoms with van der Waals surface area (Å²) in [6.07, 6.45) is 0. The Kier molecular flexibility index (Phi) is 3.57. The van der Waals surface area contributed by atoms with E-state index in [9.17, 15) is 0 Å². The van der Waals surface area contributed by atoms with Gasteiger partial charge in [0.15, 0.2) is 0 Å². The molecule has 0 fully saturated rings. The normalized spacial score (nSPS) is 7.50. The van der Waals surface area contributed by atoms with Gasteiger partial charge in [0, 0.05) is 5.75 Å². The molecule has 0 saturated heterocycles. The second-order valence-corrected chi connectivity index (χ2v) is 1.05. The number of rotatable bonds is 1. The lowest BCUT2D eigenvalue weighted by molar-refractivity contribution is 1.76. The maximum absolute atomic E-state index is 6.31. The Balaban J connectivity index is 1.97. The highest BCUT2D eigenvalue weighted by atomic mass is 32.2. The fraction of sp³-hybridized carbons (Fsp3) is 0.500. The standard InChI is InChI=1S/C2H5NS/c1-2-4-3/h3H,1-2H2. The van der Waals surface area contributed by atoms with Crippen molar-refractivity contribution in [3.05, 3.63) is 6.92 Å². The highest BCUT2D eigenvalue weighted by Crippen LogP contribution is 1.80. The highest BCUT2D eigenvalue weighted by molar-refractivity contribution is 7.96. The molecule has 24 valence electrons. The van der Waals surface area contributed by atoms with E-state index in [1.165, 1.54) is 0 Å². The topological polar surface area (TPSA) is 23.8 Å². The molecule has 1 N–H and O–H groups in total. The van der Waals surface area contributed by atoms with Crippen LogP contribution in [0.25, 0.3) is 0 Å². The lowest BCUT2D eigenvalue weighted by Gasteiger charge is -1.67. The quantitative estimate of drug-likeness (QED) is 0.422. The molecule has 2 heteroatoms. The fourth-order valence-electron chi connectivity index (χ4n) is 0. The molecule has 0 aliphatic rings. The zero-order chi connectivity index (χ0) is 3.41. The third-order valence-electron chi connectivity index (χ3n) is 0.102. The average Bonchev–Trinajstić information content (AvgIpc) is 1.37. The van der Waals surface area contributed by atoms with Gasteiger partial charge in [-0.3, -0.25) is 0 Å². The van der Waals surface area contributed by atoms with Crippen LogP contribution in [0.15, 0.2) is 0 Å². The SMILES string of the molecule is [CH2]CS[NH]. The molecule has 0 saturated carbocycles. The van der Waals surface area contributed by atoms with E-state index in [1.807, 2.05) is 0 Å². The van der Waals surface area contributed by atoms with Crippen molar-refractivity contribution in [2.75, 3.05) is 5.75 Å². The van der Waals surface area contributed by atoms with Gasteiger partial charge in [-0.05, 0) is 6.92 Å². The summed E-state index contributed by atoms with van der Waals surface area (Å²) in [4.78, 5) is 0. The lowest BCUT2D eigenvalue weighted by atomic mass is 11.0. The molecule has 0 aliphatic carbocycles. The Bertz CT molecular complexity index is 8.00. The predicted octanol–water partition coefficient (Wildman–Crippen LogP) is 0.752. The molecule has 0 aromatic carbocycles. The van der Waals surface area contributed by atoms with Gasteiger partial charge in [-0.25, -0.2) is 0 Å². The van der Waals surface area contributed by atoms with E-state index in [2.05, 4.69) is 6.92 Å². The third-order valence-corrected chi connectivity index (χ3v) is 0.306. The average molecular weight is 75.1 g/mol. The second kappa shape index (κ2) is 3.31. The molecule has 0 aromatic rings. The lowest BCUT2D eigenvalue weighted by Crippen LogP contribution is -1.57. The first-order chi connectivity index (χ1) is 1.91. The smallest absolute Gasteiger partial charge is 0.00914 e. The van der Waals surface area contributed by atoms with Crippen LogP contribution in [0, 0.1) is 6.92 Å². The van der Waals surface area contributed by atoms with E-state index < -0.39 is 0 Å². The van der Waals surface area contributed by atoms with Crippen molar-refractivity contribution in [1.29, 1.82) is 0 Å². The first-order valence-corrected chi connectivity index (χ1v) is 1.98. The van der Waals surface area contributed by atoms with Gasteiger partial charge < -0.3 is 0 Å². The molecule has 0 spiro atoms. The monoisotopic (exact) mass is 75.0 g/mol. The first-order valence-electron chi connectivity index (χ1n) is 0.993. The summed E-state index contributed by atoms with van der Waals surface area (Å²) in [5.74, 6) is 0.653. The summed E-state index contributed by atoms with van der Waals surface area (Å²) < 4.78 is 0. The summed E-state index contributed by atoms with van der Waals surface area (Å²) in [5, 5.41) is 6.31. The van der Waals surface area contributed by atoms with Gasteiger partial charge in [-0.15, -0.1) is 0 Å². The maximum atomic E-state index is 6.31. The van der Waals surface area contributed by atoms with Gasteiger partial charge in [0.1, 0.15) is 0 Å². The Morgan fingerprint density at radius 1 is 2.00 bits per heavy atom. The molecular formula is C2H5NS. The van der Waals surface area contributed by atoms with Crippen molar-refractivity contribution in [2.24, 2.45) is 0 Å². The van der Waals surface area contributed by atoms with Gasteiger partial charge in [0.25, 0.3) is 0 Å². The van der Waals surface area contributed by atoms with Crippen LogP contribution in [0.1, 0.15) is 0 Å². The van der Waals surface area contributed by atoms with Crippen molar-refractivity contribution in [3.8, 4) is 0 Å². The van der Waals surface area contributed by atoms with Gasteiger partial charge in [0.05, 0.1) is 0 Å². The van der Waals surface area contributed by atoms with Gasteiger partial charge in [0.2, 0.25) is 0 Å². The molecule has 0 rings (SSSR count). The molecule has 4 heavy (non-hydrogen) atoms. The minimum Gasteiger partial charge on any atom is -0.191 e. The summed E-state index contributed by atoms with van der Waals surface area (Å²) in [7, 11) is 0. The molecule has 0 atom stereocenters. The van der Waals surface area contributed by atoms with Crippen LogP contribution in [-0.2, 0) is 0 Å². The van der Waals surface area contributed by atoms with Crippen LogP contribution in [-0.4, -0.2) is 5.75 Å². The van der Waals surface area contributed by atoms with Crippen molar-refractivity contribution < 1.29 is 0 Å². The van der Waals surface area contributed by atoms with Crippen LogP contribution in [0.3, 0.4) is 0 Å². The largest absolute Gasteiger partial charge is 0.191 e. The van der Waals surface area contributed by atoms with Crippen molar-refractivity contribution >= 4 is 11.9 Å². The van der Waals surface area contributed by atoms with E-state index in [0.29, 0.717) is 5.75 Å². The van der Waals surface area contributed by atoms with Gasteiger partial charge in [-0.1, -0.05) is 11.9 Å². The second-order valence-electron chi connectivity index (χ2n) is 0.348. The Morgan fingerprint density at radius 3 is 2.25 bits per heavy atom. The predicted molar refractivity (Wildman–Crippen MR) is 20.9 cm³/mol. The molecular weight excluding hydrogens is 70.1 g/mol. The number of hydrogen-bond acceptors (Lipinski definition) is 1. The molecule has 0 amide bonds. The fourth-order valence-corrected chi connectivity index (χ4v) is 0. The molecule has 0 aliphatic heterocycles. The van der Waals surface area contributed by atoms with Crippen LogP contribution in [0.2, 0.25) is 0 Å². The highest BCUT2D eigenvalue weighted by Gasteiger charge is 1.57. The summed E-state index contributed by atoms with van der Waals surface area (Å²) in [5.41, 5.74) is 0. The van der Waals surface area contributed by atoms with E-state index in [-0.39, 0.29) is 0 Å². The van der Waals surface area contributed by atoms with E-state index in [0.717, 1.165) is 11.9 Å². The van der Waals surface area contributed by atoms with Crippen LogP contribution in [0.4, 0.5) is 0 Å². The van der Waals surface area contributed by atoms with Crippen LogP contribution < -0.4 is 5.14 Å². The van der Waals surface area contributed by atoms with Crippen molar-refractivity contribution in [2.45, 2.75) is 0 Å². The minimum absolute atomic E-state index is 0.653. The molecule has 0 unspecified atom stereocenters.